The van der Waals surface area contributed by atoms with Gasteiger partial charge in [0.2, 0.25) is 0 Å². The molecular formula is C22H26N2O4. The number of hydrogen-bond acceptors (Lipinski definition) is 4. The van der Waals surface area contributed by atoms with Crippen LogP contribution in [0.15, 0.2) is 48.5 Å². The largest absolute Gasteiger partial charge is 0.508 e. The van der Waals surface area contributed by atoms with Crippen molar-refractivity contribution in [3.8, 4) is 5.75 Å². The maximum Gasteiger partial charge on any atom is 0.321 e. The summed E-state index contributed by atoms with van der Waals surface area (Å²) in [5, 5.41) is 12.6. The fourth-order valence-corrected chi connectivity index (χ4v) is 3.48. The predicted octanol–water partition coefficient (Wildman–Crippen LogP) is 3.91. The Kier molecular flexibility index (Phi) is 6.53. The Morgan fingerprint density at radius 1 is 1.14 bits per heavy atom. The number of hydrogen-bond donors (Lipinski definition) is 2. The third-order valence-electron chi connectivity index (χ3n) is 4.98. The second-order valence-corrected chi connectivity index (χ2v) is 6.97. The second-order valence-electron chi connectivity index (χ2n) is 6.97. The molecule has 6 heteroatoms. The maximum atomic E-state index is 12.5. The average molecular weight is 382 g/mol. The van der Waals surface area contributed by atoms with Gasteiger partial charge in [-0.3, -0.25) is 4.79 Å². The van der Waals surface area contributed by atoms with Gasteiger partial charge in [-0.15, -0.1) is 0 Å². The van der Waals surface area contributed by atoms with Crippen LogP contribution >= 0.6 is 0 Å². The molecule has 1 fully saturated rings. The van der Waals surface area contributed by atoms with Crippen LogP contribution in [0.2, 0.25) is 0 Å². The summed E-state index contributed by atoms with van der Waals surface area (Å²) in [5.74, 6) is 0.385. The van der Waals surface area contributed by atoms with E-state index in [1.807, 2.05) is 29.2 Å². The molecule has 0 atom stereocenters. The van der Waals surface area contributed by atoms with Gasteiger partial charge in [0.15, 0.2) is 0 Å². The molecule has 3 rings (SSSR count). The van der Waals surface area contributed by atoms with E-state index in [1.54, 1.807) is 31.2 Å². The van der Waals surface area contributed by atoms with Crippen molar-refractivity contribution in [2.45, 2.75) is 32.1 Å². The van der Waals surface area contributed by atoms with Crippen molar-refractivity contribution >= 4 is 17.7 Å². The van der Waals surface area contributed by atoms with Crippen LogP contribution in [-0.2, 0) is 16.0 Å². The number of aromatic hydroxyl groups is 1. The fraction of sp³-hybridized carbons (Fsp3) is 0.364. The Hall–Kier alpha value is -3.02. The van der Waals surface area contributed by atoms with Crippen LogP contribution in [0.4, 0.5) is 10.5 Å². The predicted molar refractivity (Wildman–Crippen MR) is 107 cm³/mol. The van der Waals surface area contributed by atoms with Gasteiger partial charge in [-0.25, -0.2) is 4.79 Å². The van der Waals surface area contributed by atoms with E-state index in [0.29, 0.717) is 31.3 Å². The van der Waals surface area contributed by atoms with Gasteiger partial charge >= 0.3 is 12.0 Å². The number of phenolic OH excluding ortho intramolecular Hbond substituents is 1. The summed E-state index contributed by atoms with van der Waals surface area (Å²) >= 11 is 0. The molecule has 0 spiro atoms. The minimum atomic E-state index is -0.256. The summed E-state index contributed by atoms with van der Waals surface area (Å²) < 4.78 is 4.94. The lowest BCUT2D eigenvalue weighted by molar-refractivity contribution is -0.142. The average Bonchev–Trinajstić information content (AvgIpc) is 2.70. The number of likely N-dealkylation sites (tertiary alicyclic amines) is 1. The highest BCUT2D eigenvalue weighted by atomic mass is 16.5. The summed E-state index contributed by atoms with van der Waals surface area (Å²) in [6.45, 7) is 3.50. The number of esters is 1. The summed E-state index contributed by atoms with van der Waals surface area (Å²) in [4.78, 5) is 25.8. The fourth-order valence-electron chi connectivity index (χ4n) is 3.48. The lowest BCUT2D eigenvalue weighted by atomic mass is 9.89. The SMILES string of the molecule is CCOC(=O)Cc1ccc(NC(=O)N2CCC(c3cccc(O)c3)CC2)cc1. The van der Waals surface area contributed by atoms with E-state index in [9.17, 15) is 14.7 Å². The molecular weight excluding hydrogens is 356 g/mol. The molecule has 2 N–H and O–H groups in total. The van der Waals surface area contributed by atoms with Gasteiger partial charge < -0.3 is 20.1 Å². The number of anilines is 1. The van der Waals surface area contributed by atoms with E-state index < -0.39 is 0 Å². The summed E-state index contributed by atoms with van der Waals surface area (Å²) in [7, 11) is 0. The number of phenols is 1. The number of piperidine rings is 1. The molecule has 0 aliphatic carbocycles. The van der Waals surface area contributed by atoms with Crippen LogP contribution in [0.25, 0.3) is 0 Å². The molecule has 2 aromatic carbocycles. The van der Waals surface area contributed by atoms with Crippen molar-refractivity contribution in [2.24, 2.45) is 0 Å². The molecule has 0 unspecified atom stereocenters. The first-order valence-corrected chi connectivity index (χ1v) is 9.64. The third kappa shape index (κ3) is 5.25. The zero-order chi connectivity index (χ0) is 19.9. The van der Waals surface area contributed by atoms with E-state index in [-0.39, 0.29) is 24.2 Å². The van der Waals surface area contributed by atoms with Crippen molar-refractivity contribution in [1.82, 2.24) is 4.90 Å². The van der Waals surface area contributed by atoms with Crippen molar-refractivity contribution < 1.29 is 19.4 Å². The van der Waals surface area contributed by atoms with Gasteiger partial charge in [-0.2, -0.15) is 0 Å². The number of urea groups is 1. The smallest absolute Gasteiger partial charge is 0.321 e. The highest BCUT2D eigenvalue weighted by Gasteiger charge is 2.24. The number of carbonyl (C=O) groups excluding carboxylic acids is 2. The molecule has 0 saturated carbocycles. The van der Waals surface area contributed by atoms with E-state index in [0.717, 1.165) is 24.0 Å². The second kappa shape index (κ2) is 9.26. The van der Waals surface area contributed by atoms with E-state index in [2.05, 4.69) is 5.32 Å². The van der Waals surface area contributed by atoms with Crippen molar-refractivity contribution in [2.75, 3.05) is 25.0 Å². The minimum absolute atomic E-state index is 0.118. The highest BCUT2D eigenvalue weighted by molar-refractivity contribution is 5.89. The number of ether oxygens (including phenoxy) is 1. The standard InChI is InChI=1S/C22H26N2O4/c1-2-28-21(26)14-16-6-8-19(9-7-16)23-22(27)24-12-10-17(11-13-24)18-4-3-5-20(25)15-18/h3-9,15,17,25H,2,10-14H2,1H3,(H,23,27). The van der Waals surface area contributed by atoms with E-state index >= 15 is 0 Å². The van der Waals surface area contributed by atoms with Gasteiger partial charge in [-0.1, -0.05) is 24.3 Å². The van der Waals surface area contributed by atoms with E-state index in [4.69, 9.17) is 4.74 Å². The van der Waals surface area contributed by atoms with Gasteiger partial charge in [0.1, 0.15) is 5.75 Å². The Bertz CT molecular complexity index is 812. The van der Waals surface area contributed by atoms with Crippen molar-refractivity contribution in [3.05, 3.63) is 59.7 Å². The number of rotatable bonds is 5. The Labute approximate surface area is 165 Å². The van der Waals surface area contributed by atoms with Gasteiger partial charge in [0.05, 0.1) is 13.0 Å². The monoisotopic (exact) mass is 382 g/mol. The van der Waals surface area contributed by atoms with Crippen molar-refractivity contribution in [3.63, 3.8) is 0 Å². The topological polar surface area (TPSA) is 78.9 Å². The molecule has 0 aromatic heterocycles. The number of carbonyl (C=O) groups is 2. The normalized spacial score (nSPS) is 14.5. The van der Waals surface area contributed by atoms with Crippen LogP contribution in [0, 0.1) is 0 Å². The van der Waals surface area contributed by atoms with Crippen LogP contribution in [0.1, 0.15) is 36.8 Å². The first kappa shape index (κ1) is 19.7. The van der Waals surface area contributed by atoms with Gasteiger partial charge in [0.25, 0.3) is 0 Å². The quantitative estimate of drug-likeness (QED) is 0.769. The number of amides is 2. The number of nitrogens with zero attached hydrogens (tertiary/aromatic N) is 1. The molecule has 2 amide bonds. The molecule has 148 valence electrons. The van der Waals surface area contributed by atoms with Crippen LogP contribution in [0.5, 0.6) is 5.75 Å². The first-order chi connectivity index (χ1) is 13.5. The molecule has 1 aliphatic rings. The molecule has 2 aromatic rings. The highest BCUT2D eigenvalue weighted by Crippen LogP contribution is 2.30. The zero-order valence-electron chi connectivity index (χ0n) is 16.1. The Morgan fingerprint density at radius 3 is 2.50 bits per heavy atom. The molecule has 0 bridgehead atoms. The maximum absolute atomic E-state index is 12.5. The molecule has 1 heterocycles. The van der Waals surface area contributed by atoms with Crippen LogP contribution in [0.3, 0.4) is 0 Å². The summed E-state index contributed by atoms with van der Waals surface area (Å²) in [6.07, 6.45) is 1.97. The van der Waals surface area contributed by atoms with Gasteiger partial charge in [0, 0.05) is 18.8 Å². The molecule has 1 saturated heterocycles. The number of benzene rings is 2. The first-order valence-electron chi connectivity index (χ1n) is 9.64. The van der Waals surface area contributed by atoms with Crippen LogP contribution < -0.4 is 5.32 Å². The van der Waals surface area contributed by atoms with Crippen LogP contribution in [-0.4, -0.2) is 41.7 Å². The molecule has 28 heavy (non-hydrogen) atoms. The number of nitrogens with one attached hydrogen (secondary N) is 1. The van der Waals surface area contributed by atoms with Crippen molar-refractivity contribution in [1.29, 1.82) is 0 Å². The third-order valence-corrected chi connectivity index (χ3v) is 4.98. The minimum Gasteiger partial charge on any atom is -0.508 e. The van der Waals surface area contributed by atoms with E-state index in [1.165, 1.54) is 0 Å². The summed E-state index contributed by atoms with van der Waals surface area (Å²) in [6, 6.07) is 14.5. The van der Waals surface area contributed by atoms with Gasteiger partial charge in [-0.05, 0) is 61.1 Å². The molecule has 0 radical (unpaired) electrons. The Morgan fingerprint density at radius 2 is 1.86 bits per heavy atom. The Balaban J connectivity index is 1.49. The lowest BCUT2D eigenvalue weighted by Gasteiger charge is -2.32. The zero-order valence-corrected chi connectivity index (χ0v) is 16.1. The molecule has 1 aliphatic heterocycles. The summed E-state index contributed by atoms with van der Waals surface area (Å²) in [5.41, 5.74) is 2.67. The lowest BCUT2D eigenvalue weighted by Crippen LogP contribution is -2.40. The molecule has 6 nitrogen and oxygen atoms in total.